The summed E-state index contributed by atoms with van der Waals surface area (Å²) in [6, 6.07) is 14.2. The molecule has 2 aromatic carbocycles. The molecule has 3 aromatic rings. The second-order valence-corrected chi connectivity index (χ2v) is 5.09. The van der Waals surface area contributed by atoms with Crippen LogP contribution in [0.4, 0.5) is 21.8 Å². The molecule has 0 atom stereocenters. The Morgan fingerprint density at radius 3 is 2.61 bits per heavy atom. The fraction of sp³-hybridized carbons (Fsp3) is 0.118. The molecule has 5 nitrogen and oxygen atoms in total. The number of nitrogens with one attached hydrogen (secondary N) is 2. The van der Waals surface area contributed by atoms with E-state index in [-0.39, 0.29) is 5.82 Å². The smallest absolute Gasteiger partial charge is 0.244 e. The van der Waals surface area contributed by atoms with Crippen molar-refractivity contribution in [2.24, 2.45) is 0 Å². The Bertz CT molecular complexity index is 789. The van der Waals surface area contributed by atoms with Crippen LogP contribution in [0.5, 0.6) is 0 Å². The van der Waals surface area contributed by atoms with E-state index in [2.05, 4.69) is 25.8 Å². The zero-order chi connectivity index (χ0) is 16.1. The molecule has 1 aromatic heterocycles. The van der Waals surface area contributed by atoms with Crippen molar-refractivity contribution in [3.05, 3.63) is 71.7 Å². The maximum absolute atomic E-state index is 12.9. The van der Waals surface area contributed by atoms with Crippen LogP contribution >= 0.6 is 0 Å². The summed E-state index contributed by atoms with van der Waals surface area (Å²) in [6.45, 7) is 2.51. The van der Waals surface area contributed by atoms with Gasteiger partial charge in [-0.3, -0.25) is 0 Å². The highest BCUT2D eigenvalue weighted by molar-refractivity contribution is 5.60. The van der Waals surface area contributed by atoms with Gasteiger partial charge in [-0.1, -0.05) is 30.3 Å². The molecule has 1 heterocycles. The van der Waals surface area contributed by atoms with Gasteiger partial charge in [-0.15, -0.1) is 5.10 Å². The van der Waals surface area contributed by atoms with Gasteiger partial charge in [0.25, 0.3) is 0 Å². The van der Waals surface area contributed by atoms with Gasteiger partial charge in [0.15, 0.2) is 5.82 Å². The number of hydrogen-bond acceptors (Lipinski definition) is 5. The molecule has 0 saturated carbocycles. The van der Waals surface area contributed by atoms with Gasteiger partial charge in [0.1, 0.15) is 5.82 Å². The summed E-state index contributed by atoms with van der Waals surface area (Å²) < 4.78 is 12.9. The van der Waals surface area contributed by atoms with Crippen molar-refractivity contribution in [2.75, 3.05) is 10.6 Å². The second kappa shape index (κ2) is 6.83. The quantitative estimate of drug-likeness (QED) is 0.753. The number of aromatic nitrogens is 3. The third-order valence-corrected chi connectivity index (χ3v) is 3.33. The number of hydrogen-bond donors (Lipinski definition) is 2. The fourth-order valence-corrected chi connectivity index (χ4v) is 2.07. The van der Waals surface area contributed by atoms with Crippen LogP contribution < -0.4 is 10.6 Å². The third-order valence-electron chi connectivity index (χ3n) is 3.33. The van der Waals surface area contributed by atoms with Crippen LogP contribution in [-0.4, -0.2) is 15.2 Å². The Balaban J connectivity index is 1.67. The van der Waals surface area contributed by atoms with Crippen LogP contribution in [0.15, 0.2) is 54.7 Å². The number of aryl methyl sites for hydroxylation is 1. The zero-order valence-electron chi connectivity index (χ0n) is 12.6. The van der Waals surface area contributed by atoms with Gasteiger partial charge in [0.2, 0.25) is 5.95 Å². The van der Waals surface area contributed by atoms with Gasteiger partial charge in [-0.05, 0) is 36.2 Å². The predicted octanol–water partition coefficient (Wildman–Crippen LogP) is 3.67. The van der Waals surface area contributed by atoms with Crippen molar-refractivity contribution in [2.45, 2.75) is 13.5 Å². The first-order valence-corrected chi connectivity index (χ1v) is 7.21. The van der Waals surface area contributed by atoms with Gasteiger partial charge in [-0.2, -0.15) is 10.1 Å². The lowest BCUT2D eigenvalue weighted by atomic mass is 10.2. The Labute approximate surface area is 133 Å². The molecular formula is C17H16FN5. The van der Waals surface area contributed by atoms with Crippen molar-refractivity contribution in [1.29, 1.82) is 0 Å². The van der Waals surface area contributed by atoms with E-state index in [4.69, 9.17) is 0 Å². The molecule has 0 aliphatic carbocycles. The largest absolute Gasteiger partial charge is 0.349 e. The topological polar surface area (TPSA) is 62.7 Å². The van der Waals surface area contributed by atoms with E-state index in [9.17, 15) is 4.39 Å². The van der Waals surface area contributed by atoms with Crippen LogP contribution in [0.2, 0.25) is 0 Å². The Kier molecular flexibility index (Phi) is 4.42. The molecule has 0 fully saturated rings. The molecule has 0 radical (unpaired) electrons. The molecule has 2 N–H and O–H groups in total. The molecule has 0 aliphatic rings. The summed E-state index contributed by atoms with van der Waals surface area (Å²) >= 11 is 0. The normalized spacial score (nSPS) is 10.3. The molecule has 0 spiro atoms. The third kappa shape index (κ3) is 4.00. The van der Waals surface area contributed by atoms with Crippen LogP contribution in [0.1, 0.15) is 11.1 Å². The number of halogens is 1. The number of benzene rings is 2. The first-order valence-electron chi connectivity index (χ1n) is 7.21. The fourth-order valence-electron chi connectivity index (χ4n) is 2.07. The summed E-state index contributed by atoms with van der Waals surface area (Å²) in [5.41, 5.74) is 3.02. The average Bonchev–Trinajstić information content (AvgIpc) is 2.57. The lowest BCUT2D eigenvalue weighted by Crippen LogP contribution is -2.06. The first kappa shape index (κ1) is 14.9. The van der Waals surface area contributed by atoms with Gasteiger partial charge >= 0.3 is 0 Å². The Hall–Kier alpha value is -3.02. The van der Waals surface area contributed by atoms with E-state index in [0.29, 0.717) is 18.3 Å². The maximum Gasteiger partial charge on any atom is 0.244 e. The second-order valence-electron chi connectivity index (χ2n) is 5.09. The minimum Gasteiger partial charge on any atom is -0.349 e. The number of rotatable bonds is 5. The van der Waals surface area contributed by atoms with E-state index in [1.54, 1.807) is 18.3 Å². The predicted molar refractivity (Wildman–Crippen MR) is 88.0 cm³/mol. The first-order chi connectivity index (χ1) is 11.2. The molecule has 6 heteroatoms. The Morgan fingerprint density at radius 2 is 1.83 bits per heavy atom. The van der Waals surface area contributed by atoms with Gasteiger partial charge in [-0.25, -0.2) is 4.39 Å². The van der Waals surface area contributed by atoms with Crippen LogP contribution in [0, 0.1) is 12.7 Å². The van der Waals surface area contributed by atoms with Crippen molar-refractivity contribution in [3.8, 4) is 0 Å². The number of anilines is 3. The highest BCUT2D eigenvalue weighted by Crippen LogP contribution is 2.18. The molecule has 0 amide bonds. The minimum absolute atomic E-state index is 0.254. The summed E-state index contributed by atoms with van der Waals surface area (Å²) in [6.07, 6.45) is 1.56. The van der Waals surface area contributed by atoms with Crippen molar-refractivity contribution >= 4 is 17.5 Å². The minimum atomic E-state index is -0.254. The van der Waals surface area contributed by atoms with Crippen molar-refractivity contribution in [1.82, 2.24) is 15.2 Å². The van der Waals surface area contributed by atoms with Crippen molar-refractivity contribution < 1.29 is 4.39 Å². The van der Waals surface area contributed by atoms with Gasteiger partial charge in [0, 0.05) is 12.2 Å². The maximum atomic E-state index is 12.9. The number of nitrogens with zero attached hydrogens (tertiary/aromatic N) is 3. The highest BCUT2D eigenvalue weighted by Gasteiger charge is 2.03. The Morgan fingerprint density at radius 1 is 1.04 bits per heavy atom. The lowest BCUT2D eigenvalue weighted by Gasteiger charge is -2.09. The van der Waals surface area contributed by atoms with E-state index in [1.807, 2.05) is 31.2 Å². The summed E-state index contributed by atoms with van der Waals surface area (Å²) in [5.74, 6) is 0.764. The van der Waals surface area contributed by atoms with E-state index < -0.39 is 0 Å². The monoisotopic (exact) mass is 309 g/mol. The molecule has 0 aliphatic heterocycles. The number of para-hydroxylation sites is 1. The SMILES string of the molecule is Cc1ccccc1Nc1cnnc(NCc2ccc(F)cc2)n1. The average molecular weight is 309 g/mol. The molecule has 0 saturated heterocycles. The summed E-state index contributed by atoms with van der Waals surface area (Å²) in [4.78, 5) is 4.37. The van der Waals surface area contributed by atoms with E-state index in [0.717, 1.165) is 16.8 Å². The molecule has 0 bridgehead atoms. The van der Waals surface area contributed by atoms with E-state index in [1.165, 1.54) is 12.1 Å². The molecule has 3 rings (SSSR count). The molecular weight excluding hydrogens is 293 g/mol. The summed E-state index contributed by atoms with van der Waals surface area (Å²) in [5, 5.41) is 14.2. The van der Waals surface area contributed by atoms with Crippen LogP contribution in [0.3, 0.4) is 0 Å². The zero-order valence-corrected chi connectivity index (χ0v) is 12.6. The molecule has 116 valence electrons. The van der Waals surface area contributed by atoms with Gasteiger partial charge in [0.05, 0.1) is 6.20 Å². The lowest BCUT2D eigenvalue weighted by molar-refractivity contribution is 0.627. The van der Waals surface area contributed by atoms with Crippen LogP contribution in [-0.2, 0) is 6.54 Å². The highest BCUT2D eigenvalue weighted by atomic mass is 19.1. The standard InChI is InChI=1S/C17H16FN5/c1-12-4-2-3-5-15(12)21-16-11-20-23-17(22-16)19-10-13-6-8-14(18)9-7-13/h2-9,11H,10H2,1H3,(H2,19,21,22,23). The van der Waals surface area contributed by atoms with Gasteiger partial charge < -0.3 is 10.6 Å². The summed E-state index contributed by atoms with van der Waals surface area (Å²) in [7, 11) is 0. The molecule has 0 unspecified atom stereocenters. The molecule has 23 heavy (non-hydrogen) atoms. The van der Waals surface area contributed by atoms with E-state index >= 15 is 0 Å². The van der Waals surface area contributed by atoms with Crippen molar-refractivity contribution in [3.63, 3.8) is 0 Å². The van der Waals surface area contributed by atoms with Crippen LogP contribution in [0.25, 0.3) is 0 Å².